The first kappa shape index (κ1) is 24.6. The van der Waals surface area contributed by atoms with E-state index in [-0.39, 0.29) is 13.0 Å². The van der Waals surface area contributed by atoms with Crippen LogP contribution < -0.4 is 4.89 Å². The van der Waals surface area contributed by atoms with Crippen molar-refractivity contribution < 1.29 is 43.0 Å². The number of phosphoric ester groups is 1. The Labute approximate surface area is 149 Å². The Morgan fingerprint density at radius 3 is 2.36 bits per heavy atom. The van der Waals surface area contributed by atoms with Gasteiger partial charge in [0.1, 0.15) is 19.3 Å². The zero-order valence-corrected chi connectivity index (χ0v) is 16.4. The molecule has 0 radical (unpaired) electrons. The topological polar surface area (TPSA) is 125 Å². The molecule has 0 aliphatic carbocycles. The molecule has 150 valence electrons. The predicted octanol–water partition coefficient (Wildman–Crippen LogP) is 0.953. The lowest BCUT2D eigenvalue weighted by Crippen LogP contribution is -2.41. The third kappa shape index (κ3) is 11.8. The summed E-state index contributed by atoms with van der Waals surface area (Å²) in [6.45, 7) is 1.54. The summed E-state index contributed by atoms with van der Waals surface area (Å²) in [6, 6.07) is 0. The monoisotopic (exact) mass is 385 g/mol. The van der Waals surface area contributed by atoms with E-state index in [4.69, 9.17) is 14.3 Å². The average molecular weight is 385 g/mol. The van der Waals surface area contributed by atoms with Crippen LogP contribution in [0.25, 0.3) is 0 Å². The molecule has 2 N–H and O–H groups in total. The maximum Gasteiger partial charge on any atom is 0.268 e. The number of aliphatic hydroxyl groups excluding tert-OH is 1. The molecule has 10 heteroatoms. The first-order valence-electron chi connectivity index (χ1n) is 8.44. The van der Waals surface area contributed by atoms with Gasteiger partial charge in [-0.3, -0.25) is 14.6 Å². The Bertz CT molecular complexity index is 422. The Hall–Kier alpha value is -0.380. The molecule has 0 amide bonds. The summed E-state index contributed by atoms with van der Waals surface area (Å²) in [7, 11) is 0.798. The lowest BCUT2D eigenvalue weighted by molar-refractivity contribution is -0.870. The van der Waals surface area contributed by atoms with Crippen LogP contribution >= 0.6 is 7.82 Å². The number of unbranched alkanes of at least 4 members (excludes halogenated alkanes) is 3. The third-order valence-electron chi connectivity index (χ3n) is 3.50. The molecule has 0 aromatic carbocycles. The van der Waals surface area contributed by atoms with Crippen molar-refractivity contribution in [1.29, 1.82) is 0 Å². The molecule has 25 heavy (non-hydrogen) atoms. The number of nitrogens with zero attached hydrogens (tertiary/aromatic N) is 1. The van der Waals surface area contributed by atoms with E-state index in [2.05, 4.69) is 4.89 Å². The van der Waals surface area contributed by atoms with Crippen molar-refractivity contribution in [3.05, 3.63) is 0 Å². The number of hydrogen-bond acceptors (Lipinski definition) is 8. The van der Waals surface area contributed by atoms with Gasteiger partial charge in [0.05, 0.1) is 27.7 Å². The van der Waals surface area contributed by atoms with E-state index in [0.29, 0.717) is 17.4 Å². The molecule has 2 unspecified atom stereocenters. The minimum Gasteiger partial charge on any atom is -0.756 e. The fourth-order valence-corrected chi connectivity index (χ4v) is 2.88. The van der Waals surface area contributed by atoms with Gasteiger partial charge in [-0.25, -0.2) is 4.89 Å². The van der Waals surface area contributed by atoms with Crippen molar-refractivity contribution >= 4 is 13.6 Å². The normalized spacial score (nSPS) is 17.1. The molecule has 0 saturated heterocycles. The van der Waals surface area contributed by atoms with Crippen molar-refractivity contribution in [2.45, 2.75) is 51.2 Å². The molecule has 0 fully saturated rings. The molecule has 0 rings (SSSR count). The lowest BCUT2D eigenvalue weighted by Gasteiger charge is -2.31. The first-order chi connectivity index (χ1) is 11.6. The van der Waals surface area contributed by atoms with Crippen LogP contribution in [0.3, 0.4) is 0 Å². The molecule has 9 nitrogen and oxygen atoms in total. The summed E-state index contributed by atoms with van der Waals surface area (Å²) in [5.41, 5.74) is 0. The molecular weight excluding hydrogens is 353 g/mol. The van der Waals surface area contributed by atoms with Gasteiger partial charge in [-0.05, 0) is 6.42 Å². The number of rotatable bonds is 15. The van der Waals surface area contributed by atoms with E-state index in [9.17, 15) is 19.4 Å². The number of quaternary nitrogens is 1. The average Bonchev–Trinajstić information content (AvgIpc) is 2.49. The molecule has 0 bridgehead atoms. The van der Waals surface area contributed by atoms with Crippen LogP contribution in [-0.2, 0) is 23.3 Å². The van der Waals surface area contributed by atoms with Gasteiger partial charge in [-0.15, -0.1) is 0 Å². The Balaban J connectivity index is 4.80. The Kier molecular flexibility index (Phi) is 11.9. The number of carbonyl (C=O) groups is 1. The summed E-state index contributed by atoms with van der Waals surface area (Å²) in [5.74, 6) is -0.574. The van der Waals surface area contributed by atoms with Crippen LogP contribution in [-0.4, -0.2) is 73.7 Å². The molecule has 0 spiro atoms. The van der Waals surface area contributed by atoms with Gasteiger partial charge >= 0.3 is 0 Å². The SMILES string of the molecule is CCCCCCC(=O)C(OP(=O)([O-])OCC[N+](C)(C)C)[C@H](CO)OO. The number of phosphoric acid groups is 1. The van der Waals surface area contributed by atoms with E-state index in [1.807, 2.05) is 28.1 Å². The number of ketones is 1. The zero-order valence-electron chi connectivity index (χ0n) is 15.5. The maximum atomic E-state index is 12.2. The zero-order chi connectivity index (χ0) is 19.5. The van der Waals surface area contributed by atoms with Crippen molar-refractivity contribution in [3.8, 4) is 0 Å². The minimum absolute atomic E-state index is 0.0589. The molecular formula is C15H32NO8P. The molecule has 0 aromatic heterocycles. The van der Waals surface area contributed by atoms with Crippen molar-refractivity contribution in [2.75, 3.05) is 40.9 Å². The van der Waals surface area contributed by atoms with Crippen molar-refractivity contribution in [2.24, 2.45) is 0 Å². The van der Waals surface area contributed by atoms with E-state index >= 15 is 0 Å². The van der Waals surface area contributed by atoms with E-state index in [0.717, 1.165) is 19.3 Å². The summed E-state index contributed by atoms with van der Waals surface area (Å²) >= 11 is 0. The van der Waals surface area contributed by atoms with Crippen LogP contribution in [0.2, 0.25) is 0 Å². The summed E-state index contributed by atoms with van der Waals surface area (Å²) in [6.07, 6.45) is 0.224. The van der Waals surface area contributed by atoms with Crippen LogP contribution in [0.1, 0.15) is 39.0 Å². The van der Waals surface area contributed by atoms with Crippen LogP contribution in [0.4, 0.5) is 0 Å². The maximum absolute atomic E-state index is 12.2. The smallest absolute Gasteiger partial charge is 0.268 e. The minimum atomic E-state index is -4.80. The predicted molar refractivity (Wildman–Crippen MR) is 89.7 cm³/mol. The standard InChI is InChI=1S/C15H32NO8P/c1-5-6-7-8-9-13(18)15(14(12-17)23-19)24-25(20,21)22-11-10-16(2,3)4/h14-15,17H,5-12H2,1-4H3,(H-,19,20,21)/t14-,15?/m0/s1. The third-order valence-corrected chi connectivity index (χ3v) is 4.49. The van der Waals surface area contributed by atoms with Crippen molar-refractivity contribution in [3.63, 3.8) is 0 Å². The number of carbonyl (C=O) groups excluding carboxylic acids is 1. The van der Waals surface area contributed by atoms with E-state index < -0.39 is 32.4 Å². The largest absolute Gasteiger partial charge is 0.756 e. The molecule has 3 atom stereocenters. The van der Waals surface area contributed by atoms with Crippen LogP contribution in [0.5, 0.6) is 0 Å². The summed E-state index contributed by atoms with van der Waals surface area (Å²) in [4.78, 5) is 28.2. The first-order valence-corrected chi connectivity index (χ1v) is 9.90. The summed E-state index contributed by atoms with van der Waals surface area (Å²) in [5, 5.41) is 18.0. The number of hydrogen-bond donors (Lipinski definition) is 2. The fraction of sp³-hybridized carbons (Fsp3) is 0.933. The molecule has 0 aliphatic rings. The van der Waals surface area contributed by atoms with E-state index in [1.54, 1.807) is 0 Å². The highest BCUT2D eigenvalue weighted by Gasteiger charge is 2.33. The van der Waals surface area contributed by atoms with Crippen LogP contribution in [0, 0.1) is 0 Å². The number of aliphatic hydroxyl groups is 1. The highest BCUT2D eigenvalue weighted by molar-refractivity contribution is 7.45. The number of Topliss-reactive ketones (excluding diaryl/α,β-unsaturated/α-hetero) is 1. The Morgan fingerprint density at radius 2 is 1.88 bits per heavy atom. The van der Waals surface area contributed by atoms with Gasteiger partial charge < -0.3 is 23.5 Å². The van der Waals surface area contributed by atoms with Gasteiger partial charge in [0.15, 0.2) is 11.9 Å². The van der Waals surface area contributed by atoms with Gasteiger partial charge in [0, 0.05) is 6.42 Å². The van der Waals surface area contributed by atoms with Crippen molar-refractivity contribution in [1.82, 2.24) is 0 Å². The Morgan fingerprint density at radius 1 is 1.24 bits per heavy atom. The lowest BCUT2D eigenvalue weighted by atomic mass is 10.0. The second-order valence-corrected chi connectivity index (χ2v) is 8.29. The highest BCUT2D eigenvalue weighted by atomic mass is 31.2. The fourth-order valence-electron chi connectivity index (χ4n) is 1.98. The van der Waals surface area contributed by atoms with Gasteiger partial charge in [0.2, 0.25) is 0 Å². The van der Waals surface area contributed by atoms with Gasteiger partial charge in [0.25, 0.3) is 7.82 Å². The quantitative estimate of drug-likeness (QED) is 0.140. The van der Waals surface area contributed by atoms with Crippen LogP contribution in [0.15, 0.2) is 0 Å². The van der Waals surface area contributed by atoms with Gasteiger partial charge in [-0.2, -0.15) is 0 Å². The number of likely N-dealkylation sites (N-methyl/N-ethyl adjacent to an activating group) is 1. The van der Waals surface area contributed by atoms with E-state index in [1.165, 1.54) is 0 Å². The summed E-state index contributed by atoms with van der Waals surface area (Å²) < 4.78 is 22.0. The molecule has 0 saturated carbocycles. The van der Waals surface area contributed by atoms with Gasteiger partial charge in [-0.1, -0.05) is 26.2 Å². The highest BCUT2D eigenvalue weighted by Crippen LogP contribution is 2.41. The second kappa shape index (κ2) is 12.1. The molecule has 0 heterocycles. The molecule has 0 aromatic rings. The second-order valence-electron chi connectivity index (χ2n) is 6.92. The molecule has 0 aliphatic heterocycles.